The van der Waals surface area contributed by atoms with E-state index >= 15 is 0 Å². The van der Waals surface area contributed by atoms with Gasteiger partial charge in [-0.25, -0.2) is 9.07 Å². The van der Waals surface area contributed by atoms with Gasteiger partial charge in [-0.1, -0.05) is 18.6 Å². The molecule has 154 valence electrons. The van der Waals surface area contributed by atoms with Gasteiger partial charge in [-0.15, -0.1) is 0 Å². The molecule has 0 saturated heterocycles. The summed E-state index contributed by atoms with van der Waals surface area (Å²) in [6, 6.07) is 11.7. The lowest BCUT2D eigenvalue weighted by atomic mass is 9.65. The monoisotopic (exact) mass is 405 g/mol. The van der Waals surface area contributed by atoms with Crippen molar-refractivity contribution < 1.29 is 14.6 Å². The van der Waals surface area contributed by atoms with Crippen LogP contribution in [0.5, 0.6) is 0 Å². The first-order chi connectivity index (χ1) is 14.4. The number of aliphatic hydroxyl groups is 2. The van der Waals surface area contributed by atoms with Crippen molar-refractivity contribution in [2.75, 3.05) is 0 Å². The number of halogens is 1. The number of pyridine rings is 1. The van der Waals surface area contributed by atoms with Crippen LogP contribution in [-0.2, 0) is 6.42 Å². The van der Waals surface area contributed by atoms with Crippen LogP contribution in [0.1, 0.15) is 49.2 Å². The maximum atomic E-state index is 13.3. The molecule has 0 spiro atoms. The summed E-state index contributed by atoms with van der Waals surface area (Å²) < 4.78 is 15.1. The van der Waals surface area contributed by atoms with Crippen LogP contribution in [0.2, 0.25) is 0 Å². The average Bonchev–Trinajstić information content (AvgIpc) is 3.25. The van der Waals surface area contributed by atoms with Crippen molar-refractivity contribution in [3.8, 4) is 5.69 Å². The molecule has 0 aliphatic heterocycles. The van der Waals surface area contributed by atoms with E-state index in [-0.39, 0.29) is 12.2 Å². The highest BCUT2D eigenvalue weighted by molar-refractivity contribution is 5.62. The molecule has 0 amide bonds. The van der Waals surface area contributed by atoms with Gasteiger partial charge in [0.2, 0.25) is 0 Å². The minimum absolute atomic E-state index is 0.235. The number of hydrogen-bond donors (Lipinski definition) is 2. The first-order valence-electron chi connectivity index (χ1n) is 10.2. The van der Waals surface area contributed by atoms with E-state index in [2.05, 4.69) is 23.1 Å². The van der Waals surface area contributed by atoms with Gasteiger partial charge in [0.05, 0.1) is 35.0 Å². The third kappa shape index (κ3) is 2.90. The summed E-state index contributed by atoms with van der Waals surface area (Å²) in [5, 5.41) is 26.9. The molecule has 3 aromatic rings. The van der Waals surface area contributed by atoms with Crippen molar-refractivity contribution in [2.24, 2.45) is 5.41 Å². The van der Waals surface area contributed by atoms with Gasteiger partial charge in [0.25, 0.3) is 0 Å². The summed E-state index contributed by atoms with van der Waals surface area (Å²) in [4.78, 5) is 4.24. The predicted molar refractivity (Wildman–Crippen MR) is 111 cm³/mol. The summed E-state index contributed by atoms with van der Waals surface area (Å²) >= 11 is 0. The molecule has 5 nitrogen and oxygen atoms in total. The fourth-order valence-electron chi connectivity index (χ4n) is 5.04. The van der Waals surface area contributed by atoms with Crippen LogP contribution in [0.3, 0.4) is 0 Å². The molecule has 5 rings (SSSR count). The lowest BCUT2D eigenvalue weighted by Gasteiger charge is -2.43. The molecule has 1 saturated carbocycles. The molecule has 1 aromatic carbocycles. The van der Waals surface area contributed by atoms with E-state index in [9.17, 15) is 14.6 Å². The van der Waals surface area contributed by atoms with E-state index in [1.54, 1.807) is 24.4 Å². The van der Waals surface area contributed by atoms with Crippen molar-refractivity contribution >= 4 is 6.08 Å². The summed E-state index contributed by atoms with van der Waals surface area (Å²) in [5.74, 6) is -0.280. The van der Waals surface area contributed by atoms with E-state index in [0.717, 1.165) is 28.9 Å². The minimum Gasteiger partial charge on any atom is -0.389 e. The molecular weight excluding hydrogens is 381 g/mol. The SMILES string of the molecule is C[C@]12Cc3cnn(-c4ccc(F)cc4)c3C=C1CC[C@@]2(O)CC(O)c1ccccn1. The lowest BCUT2D eigenvalue weighted by molar-refractivity contribution is -0.0747. The van der Waals surface area contributed by atoms with E-state index < -0.39 is 17.1 Å². The quantitative estimate of drug-likeness (QED) is 0.688. The van der Waals surface area contributed by atoms with Gasteiger partial charge in [0, 0.05) is 18.0 Å². The Kier molecular flexibility index (Phi) is 4.38. The van der Waals surface area contributed by atoms with Crippen LogP contribution in [0, 0.1) is 11.2 Å². The molecule has 6 heteroatoms. The standard InChI is InChI=1S/C24H24FN3O2/c1-23-13-16-15-27-28(19-7-5-18(25)6-8-19)21(16)12-17(23)9-10-24(23,30)14-22(29)20-4-2-3-11-26-20/h2-8,11-12,15,22,29-30H,9-10,13-14H2,1H3/t22?,23-,24+/m0/s1. The van der Waals surface area contributed by atoms with Crippen LogP contribution in [0.4, 0.5) is 4.39 Å². The molecule has 2 N–H and O–H groups in total. The van der Waals surface area contributed by atoms with Crippen LogP contribution in [0.15, 0.2) is 60.4 Å². The lowest BCUT2D eigenvalue weighted by Crippen LogP contribution is -2.46. The largest absolute Gasteiger partial charge is 0.389 e. The normalized spacial score (nSPS) is 26.1. The molecule has 0 bridgehead atoms. The first-order valence-corrected chi connectivity index (χ1v) is 10.2. The fraction of sp³-hybridized carbons (Fsp3) is 0.333. The van der Waals surface area contributed by atoms with Gasteiger partial charge < -0.3 is 10.2 Å². The average molecular weight is 405 g/mol. The highest BCUT2D eigenvalue weighted by Gasteiger charge is 2.55. The molecule has 2 aromatic heterocycles. The van der Waals surface area contributed by atoms with E-state index in [1.165, 1.54) is 12.1 Å². The number of nitrogens with zero attached hydrogens (tertiary/aromatic N) is 3. The third-order valence-electron chi connectivity index (χ3n) is 6.92. The van der Waals surface area contributed by atoms with Crippen molar-refractivity contribution in [3.63, 3.8) is 0 Å². The van der Waals surface area contributed by atoms with Crippen LogP contribution in [0.25, 0.3) is 11.8 Å². The summed E-state index contributed by atoms with van der Waals surface area (Å²) in [6.45, 7) is 2.08. The Hall–Kier alpha value is -2.83. The van der Waals surface area contributed by atoms with Crippen LogP contribution < -0.4 is 0 Å². The van der Waals surface area contributed by atoms with E-state index in [4.69, 9.17) is 0 Å². The van der Waals surface area contributed by atoms with Crippen molar-refractivity contribution in [3.05, 3.63) is 83.2 Å². The van der Waals surface area contributed by atoms with Gasteiger partial charge in [-0.2, -0.15) is 5.10 Å². The fourth-order valence-corrected chi connectivity index (χ4v) is 5.04. The zero-order valence-electron chi connectivity index (χ0n) is 16.8. The Balaban J connectivity index is 1.47. The number of aliphatic hydroxyl groups excluding tert-OH is 1. The predicted octanol–water partition coefficient (Wildman–Crippen LogP) is 4.00. The molecular formula is C24H24FN3O2. The second-order valence-electron chi connectivity index (χ2n) is 8.63. The van der Waals surface area contributed by atoms with Gasteiger partial charge in [-0.3, -0.25) is 4.98 Å². The smallest absolute Gasteiger partial charge is 0.123 e. The third-order valence-corrected chi connectivity index (χ3v) is 6.92. The van der Waals surface area contributed by atoms with Gasteiger partial charge in [-0.05, 0) is 67.3 Å². The van der Waals surface area contributed by atoms with Crippen LogP contribution in [-0.4, -0.2) is 30.6 Å². The Morgan fingerprint density at radius 3 is 2.73 bits per heavy atom. The number of benzene rings is 1. The molecule has 2 aliphatic carbocycles. The van der Waals surface area contributed by atoms with Crippen LogP contribution >= 0.6 is 0 Å². The number of fused-ring (bicyclic) bond motifs is 2. The number of rotatable bonds is 4. The zero-order valence-corrected chi connectivity index (χ0v) is 16.8. The highest BCUT2D eigenvalue weighted by atomic mass is 19.1. The molecule has 2 aliphatic rings. The Morgan fingerprint density at radius 1 is 1.20 bits per heavy atom. The number of hydrogen-bond acceptors (Lipinski definition) is 4. The highest BCUT2D eigenvalue weighted by Crippen LogP contribution is 2.57. The minimum atomic E-state index is -1.04. The molecule has 30 heavy (non-hydrogen) atoms. The van der Waals surface area contributed by atoms with Crippen molar-refractivity contribution in [1.29, 1.82) is 0 Å². The Morgan fingerprint density at radius 2 is 2.00 bits per heavy atom. The van der Waals surface area contributed by atoms with Gasteiger partial charge >= 0.3 is 0 Å². The Bertz CT molecular complexity index is 1110. The Labute approximate surface area is 174 Å². The van der Waals surface area contributed by atoms with E-state index in [0.29, 0.717) is 18.5 Å². The van der Waals surface area contributed by atoms with Crippen molar-refractivity contribution in [2.45, 2.75) is 44.3 Å². The maximum Gasteiger partial charge on any atom is 0.123 e. The van der Waals surface area contributed by atoms with Gasteiger partial charge in [0.1, 0.15) is 5.82 Å². The summed E-state index contributed by atoms with van der Waals surface area (Å²) in [6.07, 6.45) is 6.99. The van der Waals surface area contributed by atoms with E-state index in [1.807, 2.05) is 23.0 Å². The summed E-state index contributed by atoms with van der Waals surface area (Å²) in [7, 11) is 0. The topological polar surface area (TPSA) is 71.2 Å². The first kappa shape index (κ1) is 19.2. The molecule has 2 heterocycles. The number of aromatic nitrogens is 3. The molecule has 3 atom stereocenters. The molecule has 0 radical (unpaired) electrons. The maximum absolute atomic E-state index is 13.3. The second kappa shape index (κ2) is 6.86. The molecule has 1 unspecified atom stereocenters. The van der Waals surface area contributed by atoms with Crippen molar-refractivity contribution in [1.82, 2.24) is 14.8 Å². The zero-order chi connectivity index (χ0) is 20.9. The summed E-state index contributed by atoms with van der Waals surface area (Å²) in [5.41, 5.74) is 3.04. The van der Waals surface area contributed by atoms with Gasteiger partial charge in [0.15, 0.2) is 0 Å². The second-order valence-corrected chi connectivity index (χ2v) is 8.63. The molecule has 1 fully saturated rings.